The first-order valence-electron chi connectivity index (χ1n) is 6.14. The monoisotopic (exact) mass is 232 g/mol. The Kier molecular flexibility index (Phi) is 3.50. The number of aliphatic hydroxyl groups is 1. The Morgan fingerprint density at radius 2 is 2.12 bits per heavy atom. The molecule has 1 aromatic heterocycles. The highest BCUT2D eigenvalue weighted by Crippen LogP contribution is 2.24. The number of hydrogen-bond acceptors (Lipinski definition) is 2. The van der Waals surface area contributed by atoms with E-state index >= 15 is 0 Å². The molecule has 17 heavy (non-hydrogen) atoms. The van der Waals surface area contributed by atoms with Crippen molar-refractivity contribution in [2.75, 3.05) is 0 Å². The lowest BCUT2D eigenvalue weighted by atomic mass is 9.91. The fourth-order valence-electron chi connectivity index (χ4n) is 2.07. The van der Waals surface area contributed by atoms with Crippen molar-refractivity contribution in [3.05, 3.63) is 36.0 Å². The Balaban J connectivity index is 2.26. The Hall–Kier alpha value is -1.32. The van der Waals surface area contributed by atoms with Crippen LogP contribution < -0.4 is 5.73 Å². The normalized spacial score (nSPS) is 16.9. The van der Waals surface area contributed by atoms with Crippen molar-refractivity contribution in [1.29, 1.82) is 0 Å². The first-order valence-corrected chi connectivity index (χ1v) is 6.14. The zero-order chi connectivity index (χ0) is 12.4. The van der Waals surface area contributed by atoms with Gasteiger partial charge in [-0.05, 0) is 35.1 Å². The second kappa shape index (κ2) is 4.90. The summed E-state index contributed by atoms with van der Waals surface area (Å²) in [6.45, 7) is 4.09. The molecule has 2 aromatic rings. The molecule has 1 unspecified atom stereocenters. The molecule has 2 rings (SSSR count). The zero-order valence-electron chi connectivity index (χ0n) is 10.4. The molecule has 0 aliphatic heterocycles. The number of aromatic nitrogens is 1. The first-order chi connectivity index (χ1) is 8.13. The van der Waals surface area contributed by atoms with E-state index in [-0.39, 0.29) is 12.0 Å². The summed E-state index contributed by atoms with van der Waals surface area (Å²) in [5.74, 6) is 0.215. The van der Waals surface area contributed by atoms with Crippen molar-refractivity contribution in [2.45, 2.75) is 32.4 Å². The molecule has 0 aliphatic carbocycles. The van der Waals surface area contributed by atoms with Crippen LogP contribution in [0.3, 0.4) is 0 Å². The highest BCUT2D eigenvalue weighted by atomic mass is 16.3. The van der Waals surface area contributed by atoms with Crippen LogP contribution in [0, 0.1) is 5.92 Å². The first kappa shape index (κ1) is 12.1. The number of fused-ring (bicyclic) bond motifs is 1. The summed E-state index contributed by atoms with van der Waals surface area (Å²) in [4.78, 5) is 3.15. The van der Waals surface area contributed by atoms with Gasteiger partial charge in [-0.3, -0.25) is 0 Å². The molecule has 3 nitrogen and oxygen atoms in total. The number of aliphatic hydroxyl groups excluding tert-OH is 1. The largest absolute Gasteiger partial charge is 0.391 e. The van der Waals surface area contributed by atoms with Crippen LogP contribution in [0.5, 0.6) is 0 Å². The molecule has 3 atom stereocenters. The van der Waals surface area contributed by atoms with Crippen LogP contribution in [0.4, 0.5) is 0 Å². The topological polar surface area (TPSA) is 62.0 Å². The van der Waals surface area contributed by atoms with E-state index in [9.17, 15) is 5.11 Å². The van der Waals surface area contributed by atoms with Gasteiger partial charge in [-0.1, -0.05) is 26.3 Å². The van der Waals surface area contributed by atoms with Crippen molar-refractivity contribution in [3.63, 3.8) is 0 Å². The van der Waals surface area contributed by atoms with Crippen LogP contribution in [0.2, 0.25) is 0 Å². The van der Waals surface area contributed by atoms with Gasteiger partial charge in [0.05, 0.1) is 12.1 Å². The second-order valence-electron chi connectivity index (χ2n) is 4.73. The summed E-state index contributed by atoms with van der Waals surface area (Å²) in [5, 5.41) is 11.3. The minimum Gasteiger partial charge on any atom is -0.391 e. The number of nitrogens with one attached hydrogen (secondary N) is 1. The molecule has 0 fully saturated rings. The molecule has 0 aliphatic rings. The van der Waals surface area contributed by atoms with E-state index in [1.54, 1.807) is 0 Å². The minimum absolute atomic E-state index is 0.215. The van der Waals surface area contributed by atoms with Gasteiger partial charge in [-0.25, -0.2) is 0 Å². The molecule has 0 amide bonds. The highest BCUT2D eigenvalue weighted by Gasteiger charge is 2.21. The Labute approximate surface area is 102 Å². The Morgan fingerprint density at radius 1 is 1.35 bits per heavy atom. The average molecular weight is 232 g/mol. The maximum atomic E-state index is 10.1. The maximum Gasteiger partial charge on any atom is 0.0758 e. The number of benzene rings is 1. The summed E-state index contributed by atoms with van der Waals surface area (Å²) in [6, 6.07) is 7.73. The molecule has 0 saturated carbocycles. The third-order valence-corrected chi connectivity index (χ3v) is 3.56. The van der Waals surface area contributed by atoms with Crippen molar-refractivity contribution < 1.29 is 5.11 Å². The standard InChI is InChI=1S/C14H20N2O/c1-3-9(2)14(17)13(15)11-4-5-12-10(8-11)6-7-16-12/h4-9,13-14,16-17H,3,15H2,1-2H3/t9?,13-,14+/m0/s1. The summed E-state index contributed by atoms with van der Waals surface area (Å²) in [5.41, 5.74) is 8.20. The van der Waals surface area contributed by atoms with Crippen LogP contribution in [-0.2, 0) is 0 Å². The third-order valence-electron chi connectivity index (χ3n) is 3.56. The molecule has 0 radical (unpaired) electrons. The van der Waals surface area contributed by atoms with E-state index < -0.39 is 6.10 Å². The van der Waals surface area contributed by atoms with Gasteiger partial charge in [0.2, 0.25) is 0 Å². The molecule has 0 saturated heterocycles. The second-order valence-corrected chi connectivity index (χ2v) is 4.73. The number of rotatable bonds is 4. The fraction of sp³-hybridized carbons (Fsp3) is 0.429. The smallest absolute Gasteiger partial charge is 0.0758 e. The average Bonchev–Trinajstić information content (AvgIpc) is 2.83. The van der Waals surface area contributed by atoms with Crippen LogP contribution in [0.25, 0.3) is 10.9 Å². The van der Waals surface area contributed by atoms with Gasteiger partial charge in [0, 0.05) is 11.7 Å². The molecular weight excluding hydrogens is 212 g/mol. The van der Waals surface area contributed by atoms with Crippen molar-refractivity contribution >= 4 is 10.9 Å². The number of H-pyrrole nitrogens is 1. The van der Waals surface area contributed by atoms with Crippen LogP contribution in [0.1, 0.15) is 31.9 Å². The molecule has 4 N–H and O–H groups in total. The number of hydrogen-bond donors (Lipinski definition) is 3. The van der Waals surface area contributed by atoms with E-state index in [0.717, 1.165) is 22.9 Å². The highest BCUT2D eigenvalue weighted by molar-refractivity contribution is 5.80. The van der Waals surface area contributed by atoms with Crippen LogP contribution in [-0.4, -0.2) is 16.2 Å². The summed E-state index contributed by atoms with van der Waals surface area (Å²) in [7, 11) is 0. The van der Waals surface area contributed by atoms with Crippen molar-refractivity contribution in [1.82, 2.24) is 4.98 Å². The quantitative estimate of drug-likeness (QED) is 0.758. The number of aromatic amines is 1. The van der Waals surface area contributed by atoms with Crippen molar-refractivity contribution in [3.8, 4) is 0 Å². The third kappa shape index (κ3) is 2.35. The van der Waals surface area contributed by atoms with E-state index in [1.807, 2.05) is 37.4 Å². The van der Waals surface area contributed by atoms with Gasteiger partial charge in [0.25, 0.3) is 0 Å². The van der Waals surface area contributed by atoms with Gasteiger partial charge in [0.1, 0.15) is 0 Å². The van der Waals surface area contributed by atoms with E-state index in [2.05, 4.69) is 11.9 Å². The summed E-state index contributed by atoms with van der Waals surface area (Å²) >= 11 is 0. The SMILES string of the molecule is CCC(C)[C@@H](O)[C@@H](N)c1ccc2[nH]ccc2c1. The van der Waals surface area contributed by atoms with Crippen molar-refractivity contribution in [2.24, 2.45) is 11.7 Å². The molecule has 92 valence electrons. The van der Waals surface area contributed by atoms with E-state index in [0.29, 0.717) is 0 Å². The van der Waals surface area contributed by atoms with Gasteiger partial charge >= 0.3 is 0 Å². The lowest BCUT2D eigenvalue weighted by Crippen LogP contribution is -2.31. The maximum absolute atomic E-state index is 10.1. The van der Waals surface area contributed by atoms with Gasteiger partial charge in [0.15, 0.2) is 0 Å². The lowest BCUT2D eigenvalue weighted by molar-refractivity contribution is 0.0880. The van der Waals surface area contributed by atoms with Crippen LogP contribution >= 0.6 is 0 Å². The minimum atomic E-state index is -0.489. The Bertz CT molecular complexity index is 492. The van der Waals surface area contributed by atoms with Gasteiger partial charge in [-0.15, -0.1) is 0 Å². The van der Waals surface area contributed by atoms with E-state index in [4.69, 9.17) is 5.73 Å². The molecule has 0 spiro atoms. The fourth-order valence-corrected chi connectivity index (χ4v) is 2.07. The molecule has 3 heteroatoms. The molecule has 1 aromatic carbocycles. The Morgan fingerprint density at radius 3 is 2.82 bits per heavy atom. The molecule has 1 heterocycles. The number of nitrogens with two attached hydrogens (primary N) is 1. The van der Waals surface area contributed by atoms with E-state index in [1.165, 1.54) is 0 Å². The zero-order valence-corrected chi connectivity index (χ0v) is 10.4. The van der Waals surface area contributed by atoms with Crippen LogP contribution in [0.15, 0.2) is 30.5 Å². The molecular formula is C14H20N2O. The molecule has 0 bridgehead atoms. The summed E-state index contributed by atoms with van der Waals surface area (Å²) in [6.07, 6.45) is 2.35. The lowest BCUT2D eigenvalue weighted by Gasteiger charge is -2.24. The predicted octanol–water partition coefficient (Wildman–Crippen LogP) is 2.57. The van der Waals surface area contributed by atoms with Gasteiger partial charge < -0.3 is 15.8 Å². The van der Waals surface area contributed by atoms with Gasteiger partial charge in [-0.2, -0.15) is 0 Å². The summed E-state index contributed by atoms with van der Waals surface area (Å²) < 4.78 is 0. The predicted molar refractivity (Wildman–Crippen MR) is 70.7 cm³/mol.